The van der Waals surface area contributed by atoms with Gasteiger partial charge in [-0.25, -0.2) is 4.98 Å². The number of nitrogens with one attached hydrogen (secondary N) is 1. The summed E-state index contributed by atoms with van der Waals surface area (Å²) >= 11 is 0. The summed E-state index contributed by atoms with van der Waals surface area (Å²) in [4.78, 5) is 4.57. The topological polar surface area (TPSA) is 47.3 Å². The summed E-state index contributed by atoms with van der Waals surface area (Å²) in [5.41, 5.74) is 2.01. The van der Waals surface area contributed by atoms with E-state index in [1.165, 1.54) is 0 Å². The van der Waals surface area contributed by atoms with Gasteiger partial charge < -0.3 is 14.5 Å². The van der Waals surface area contributed by atoms with Crippen LogP contribution in [0.5, 0.6) is 5.75 Å². The van der Waals surface area contributed by atoms with Gasteiger partial charge in [0.2, 0.25) is 5.89 Å². The Morgan fingerprint density at radius 3 is 2.68 bits per heavy atom. The van der Waals surface area contributed by atoms with Crippen molar-refractivity contribution in [3.05, 3.63) is 36.2 Å². The third-order valence-electron chi connectivity index (χ3n) is 3.86. The molecular weight excluding hydrogens is 276 g/mol. The number of hydrogen-bond acceptors (Lipinski definition) is 4. The van der Waals surface area contributed by atoms with Crippen LogP contribution in [0.15, 0.2) is 34.9 Å². The van der Waals surface area contributed by atoms with Crippen molar-refractivity contribution >= 4 is 0 Å². The number of hydrogen-bond donors (Lipinski definition) is 1. The van der Waals surface area contributed by atoms with Crippen molar-refractivity contribution < 1.29 is 9.15 Å². The third-order valence-corrected chi connectivity index (χ3v) is 3.86. The third kappa shape index (κ3) is 4.10. The second kappa shape index (κ2) is 6.97. The smallest absolute Gasteiger partial charge is 0.229 e. The van der Waals surface area contributed by atoms with E-state index < -0.39 is 0 Å². The highest BCUT2D eigenvalue weighted by molar-refractivity contribution is 5.62. The van der Waals surface area contributed by atoms with Crippen LogP contribution in [-0.4, -0.2) is 17.6 Å². The standard InChI is InChI=1S/C18H26N2O2/c1-6-21-16-10-8-7-9-15(16)17-20-14(12-22-17)11-19-13(2)18(3,4)5/h7-10,12-13,19H,6,11H2,1-5H3. The molecule has 0 spiro atoms. The Hall–Kier alpha value is -1.81. The number of ether oxygens (including phenoxy) is 1. The summed E-state index contributed by atoms with van der Waals surface area (Å²) in [6.07, 6.45) is 1.71. The van der Waals surface area contributed by atoms with Crippen LogP contribution >= 0.6 is 0 Å². The van der Waals surface area contributed by atoms with E-state index in [9.17, 15) is 0 Å². The first-order chi connectivity index (χ1) is 10.4. The molecule has 4 heteroatoms. The zero-order chi connectivity index (χ0) is 16.2. The van der Waals surface area contributed by atoms with Crippen LogP contribution in [0.25, 0.3) is 11.5 Å². The first-order valence-corrected chi connectivity index (χ1v) is 7.81. The highest BCUT2D eigenvalue weighted by atomic mass is 16.5. The van der Waals surface area contributed by atoms with E-state index in [0.717, 1.165) is 17.0 Å². The van der Waals surface area contributed by atoms with Crippen molar-refractivity contribution in [2.45, 2.75) is 47.2 Å². The average molecular weight is 302 g/mol. The Bertz CT molecular complexity index is 599. The zero-order valence-electron chi connectivity index (χ0n) is 14.1. The Morgan fingerprint density at radius 1 is 1.27 bits per heavy atom. The van der Waals surface area contributed by atoms with Crippen LogP contribution in [0.2, 0.25) is 0 Å². The molecule has 2 rings (SSSR count). The molecule has 1 heterocycles. The molecule has 0 aliphatic heterocycles. The largest absolute Gasteiger partial charge is 0.493 e. The van der Waals surface area contributed by atoms with Gasteiger partial charge in [0.05, 0.1) is 17.9 Å². The molecule has 0 saturated carbocycles. The summed E-state index contributed by atoms with van der Waals surface area (Å²) < 4.78 is 11.3. The van der Waals surface area contributed by atoms with Gasteiger partial charge in [0.25, 0.3) is 0 Å². The van der Waals surface area contributed by atoms with Gasteiger partial charge in [-0.15, -0.1) is 0 Å². The van der Waals surface area contributed by atoms with E-state index in [0.29, 0.717) is 25.1 Å². The lowest BCUT2D eigenvalue weighted by atomic mass is 9.88. The van der Waals surface area contributed by atoms with E-state index in [-0.39, 0.29) is 5.41 Å². The molecule has 1 unspecified atom stereocenters. The van der Waals surface area contributed by atoms with Crippen molar-refractivity contribution in [2.24, 2.45) is 5.41 Å². The van der Waals surface area contributed by atoms with Crippen molar-refractivity contribution in [2.75, 3.05) is 6.61 Å². The van der Waals surface area contributed by atoms with E-state index in [1.54, 1.807) is 6.26 Å². The highest BCUT2D eigenvalue weighted by Gasteiger charge is 2.20. The first-order valence-electron chi connectivity index (χ1n) is 7.81. The predicted molar refractivity (Wildman–Crippen MR) is 88.9 cm³/mol. The number of para-hydroxylation sites is 1. The summed E-state index contributed by atoms with van der Waals surface area (Å²) in [6.45, 7) is 12.1. The summed E-state index contributed by atoms with van der Waals surface area (Å²) in [7, 11) is 0. The number of benzene rings is 1. The Balaban J connectivity index is 2.09. The van der Waals surface area contributed by atoms with Crippen LogP contribution in [0.1, 0.15) is 40.3 Å². The minimum atomic E-state index is 0.216. The molecule has 120 valence electrons. The SMILES string of the molecule is CCOc1ccccc1-c1nc(CNC(C)C(C)(C)C)co1. The fourth-order valence-electron chi connectivity index (χ4n) is 2.00. The van der Waals surface area contributed by atoms with Gasteiger partial charge in [0, 0.05) is 12.6 Å². The molecule has 0 amide bonds. The highest BCUT2D eigenvalue weighted by Crippen LogP contribution is 2.29. The van der Waals surface area contributed by atoms with Crippen LogP contribution in [0.3, 0.4) is 0 Å². The molecule has 2 aromatic rings. The molecule has 0 aliphatic carbocycles. The molecule has 22 heavy (non-hydrogen) atoms. The predicted octanol–water partition coefficient (Wildman–Crippen LogP) is 4.26. The minimum absolute atomic E-state index is 0.216. The van der Waals surface area contributed by atoms with E-state index in [4.69, 9.17) is 9.15 Å². The molecule has 0 radical (unpaired) electrons. The van der Waals surface area contributed by atoms with Gasteiger partial charge in [-0.2, -0.15) is 0 Å². The average Bonchev–Trinajstić information content (AvgIpc) is 2.93. The van der Waals surface area contributed by atoms with Gasteiger partial charge in [-0.1, -0.05) is 32.9 Å². The number of oxazole rings is 1. The van der Waals surface area contributed by atoms with Crippen LogP contribution in [0, 0.1) is 5.41 Å². The van der Waals surface area contributed by atoms with Crippen LogP contribution in [-0.2, 0) is 6.54 Å². The second-order valence-corrected chi connectivity index (χ2v) is 6.54. The van der Waals surface area contributed by atoms with Crippen molar-refractivity contribution in [3.63, 3.8) is 0 Å². The van der Waals surface area contributed by atoms with Crippen molar-refractivity contribution in [3.8, 4) is 17.2 Å². The van der Waals surface area contributed by atoms with Gasteiger partial charge >= 0.3 is 0 Å². The molecule has 1 N–H and O–H groups in total. The van der Waals surface area contributed by atoms with Gasteiger partial charge in [0.1, 0.15) is 12.0 Å². The molecule has 4 nitrogen and oxygen atoms in total. The fourth-order valence-corrected chi connectivity index (χ4v) is 2.00. The monoisotopic (exact) mass is 302 g/mol. The molecular formula is C18H26N2O2. The number of nitrogens with zero attached hydrogens (tertiary/aromatic N) is 1. The quantitative estimate of drug-likeness (QED) is 0.866. The molecule has 0 aliphatic rings. The van der Waals surface area contributed by atoms with Gasteiger partial charge in [-0.05, 0) is 31.4 Å². The summed E-state index contributed by atoms with van der Waals surface area (Å²) in [5.74, 6) is 1.40. The lowest BCUT2D eigenvalue weighted by molar-refractivity contribution is 0.284. The van der Waals surface area contributed by atoms with Gasteiger partial charge in [-0.3, -0.25) is 0 Å². The molecule has 0 saturated heterocycles. The van der Waals surface area contributed by atoms with Crippen molar-refractivity contribution in [1.82, 2.24) is 10.3 Å². The molecule has 1 atom stereocenters. The number of aromatic nitrogens is 1. The van der Waals surface area contributed by atoms with Crippen LogP contribution < -0.4 is 10.1 Å². The Kier molecular flexibility index (Phi) is 5.24. The number of rotatable bonds is 6. The second-order valence-electron chi connectivity index (χ2n) is 6.54. The maximum atomic E-state index is 5.63. The van der Waals surface area contributed by atoms with E-state index in [2.05, 4.69) is 38.0 Å². The molecule has 1 aromatic carbocycles. The Labute approximate surface area is 132 Å². The minimum Gasteiger partial charge on any atom is -0.493 e. The molecule has 0 fully saturated rings. The van der Waals surface area contributed by atoms with Gasteiger partial charge in [0.15, 0.2) is 0 Å². The first kappa shape index (κ1) is 16.6. The lowest BCUT2D eigenvalue weighted by Crippen LogP contribution is -2.37. The summed E-state index contributed by atoms with van der Waals surface area (Å²) in [6, 6.07) is 8.20. The van der Waals surface area contributed by atoms with E-state index in [1.807, 2.05) is 31.2 Å². The Morgan fingerprint density at radius 2 is 2.00 bits per heavy atom. The normalized spacial score (nSPS) is 13.1. The van der Waals surface area contributed by atoms with Crippen molar-refractivity contribution in [1.29, 1.82) is 0 Å². The van der Waals surface area contributed by atoms with Crippen LogP contribution in [0.4, 0.5) is 0 Å². The fraction of sp³-hybridized carbons (Fsp3) is 0.500. The maximum Gasteiger partial charge on any atom is 0.229 e. The lowest BCUT2D eigenvalue weighted by Gasteiger charge is -2.27. The maximum absolute atomic E-state index is 5.63. The van der Waals surface area contributed by atoms with E-state index >= 15 is 0 Å². The summed E-state index contributed by atoms with van der Waals surface area (Å²) in [5, 5.41) is 3.49. The molecule has 0 bridgehead atoms. The molecule has 1 aromatic heterocycles. The zero-order valence-corrected chi connectivity index (χ0v) is 14.1.